The first-order valence-electron chi connectivity index (χ1n) is 9.13. The van der Waals surface area contributed by atoms with Gasteiger partial charge in [-0.05, 0) is 72.3 Å². The fraction of sp³-hybridized carbons (Fsp3) is 0.0870. The highest BCUT2D eigenvalue weighted by atomic mass is 35.5. The van der Waals surface area contributed by atoms with Gasteiger partial charge in [-0.2, -0.15) is 5.10 Å². The molecule has 0 atom stereocenters. The number of nitrogens with one attached hydrogen (secondary N) is 1. The maximum absolute atomic E-state index is 12.4. The monoisotopic (exact) mass is 438 g/mol. The second-order valence-corrected chi connectivity index (χ2v) is 6.67. The number of amides is 1. The number of benzene rings is 3. The lowest BCUT2D eigenvalue weighted by atomic mass is 10.2. The lowest BCUT2D eigenvalue weighted by molar-refractivity contribution is 0.0734. The molecule has 1 amide bonds. The molecule has 0 heterocycles. The van der Waals surface area contributed by atoms with E-state index >= 15 is 0 Å². The molecule has 0 aliphatic carbocycles. The van der Waals surface area contributed by atoms with Gasteiger partial charge >= 0.3 is 5.97 Å². The summed E-state index contributed by atoms with van der Waals surface area (Å²) in [7, 11) is 3.01. The van der Waals surface area contributed by atoms with E-state index in [4.69, 9.17) is 25.8 Å². The number of hydrazone groups is 1. The Morgan fingerprint density at radius 1 is 0.871 bits per heavy atom. The molecule has 0 aliphatic rings. The van der Waals surface area contributed by atoms with Crippen LogP contribution in [0.2, 0.25) is 5.02 Å². The minimum atomic E-state index is -0.530. The van der Waals surface area contributed by atoms with Gasteiger partial charge in [-0.15, -0.1) is 0 Å². The van der Waals surface area contributed by atoms with E-state index in [1.165, 1.54) is 20.4 Å². The molecule has 0 bridgehead atoms. The molecule has 3 rings (SSSR count). The lowest BCUT2D eigenvalue weighted by Crippen LogP contribution is -2.17. The molecular formula is C23H19ClN2O5. The summed E-state index contributed by atoms with van der Waals surface area (Å²) in [4.78, 5) is 24.4. The molecule has 0 saturated carbocycles. The fourth-order valence-corrected chi connectivity index (χ4v) is 2.71. The zero-order valence-corrected chi connectivity index (χ0v) is 17.6. The van der Waals surface area contributed by atoms with E-state index in [9.17, 15) is 9.59 Å². The van der Waals surface area contributed by atoms with Gasteiger partial charge in [0.15, 0.2) is 11.5 Å². The summed E-state index contributed by atoms with van der Waals surface area (Å²) in [5, 5.41) is 4.47. The Morgan fingerprint density at radius 3 is 2.16 bits per heavy atom. The van der Waals surface area contributed by atoms with Crippen LogP contribution < -0.4 is 19.6 Å². The molecule has 0 aliphatic heterocycles. The van der Waals surface area contributed by atoms with Crippen LogP contribution >= 0.6 is 11.6 Å². The molecule has 3 aromatic carbocycles. The van der Waals surface area contributed by atoms with E-state index in [0.29, 0.717) is 39.0 Å². The number of hydrogen-bond acceptors (Lipinski definition) is 6. The molecule has 8 heteroatoms. The van der Waals surface area contributed by atoms with E-state index in [0.717, 1.165) is 0 Å². The number of esters is 1. The summed E-state index contributed by atoms with van der Waals surface area (Å²) in [5.74, 6) is 0.433. The first kappa shape index (κ1) is 21.9. The quantitative estimate of drug-likeness (QED) is 0.256. The first-order chi connectivity index (χ1) is 15.0. The Labute approximate surface area is 184 Å². The fourth-order valence-electron chi connectivity index (χ4n) is 2.58. The van der Waals surface area contributed by atoms with Crippen molar-refractivity contribution in [2.45, 2.75) is 0 Å². The van der Waals surface area contributed by atoms with Crippen LogP contribution in [-0.2, 0) is 0 Å². The van der Waals surface area contributed by atoms with Gasteiger partial charge < -0.3 is 14.2 Å². The Bertz CT molecular complexity index is 1100. The largest absolute Gasteiger partial charge is 0.493 e. The molecule has 0 fully saturated rings. The van der Waals surface area contributed by atoms with Gasteiger partial charge in [-0.1, -0.05) is 11.6 Å². The van der Waals surface area contributed by atoms with Gasteiger partial charge in [0.05, 0.1) is 26.0 Å². The standard InChI is InChI=1S/C23H19ClN2O5/c1-29-20-12-7-17(13-21(20)30-2)23(28)31-19-10-3-15(4-11-19)14-25-26-22(27)16-5-8-18(24)9-6-16/h3-14H,1-2H3,(H,26,27)/b25-14-. The molecule has 0 aromatic heterocycles. The lowest BCUT2D eigenvalue weighted by Gasteiger charge is -2.09. The topological polar surface area (TPSA) is 86.2 Å². The number of rotatable bonds is 7. The maximum atomic E-state index is 12.4. The number of ether oxygens (including phenoxy) is 3. The molecule has 3 aromatic rings. The van der Waals surface area contributed by atoms with Crippen molar-refractivity contribution in [2.75, 3.05) is 14.2 Å². The number of halogens is 1. The van der Waals surface area contributed by atoms with E-state index in [1.54, 1.807) is 66.7 Å². The summed E-state index contributed by atoms with van der Waals surface area (Å²) in [6, 6.07) is 17.9. The number of methoxy groups -OCH3 is 2. The highest BCUT2D eigenvalue weighted by Gasteiger charge is 2.13. The average molecular weight is 439 g/mol. The highest BCUT2D eigenvalue weighted by molar-refractivity contribution is 6.30. The van der Waals surface area contributed by atoms with Crippen molar-refractivity contribution in [2.24, 2.45) is 5.10 Å². The van der Waals surface area contributed by atoms with Crippen LogP contribution in [0, 0.1) is 0 Å². The maximum Gasteiger partial charge on any atom is 0.343 e. The van der Waals surface area contributed by atoms with Crippen LogP contribution in [0.15, 0.2) is 71.8 Å². The van der Waals surface area contributed by atoms with Crippen LogP contribution in [0.5, 0.6) is 17.2 Å². The molecule has 158 valence electrons. The molecule has 7 nitrogen and oxygen atoms in total. The summed E-state index contributed by atoms with van der Waals surface area (Å²) in [5.41, 5.74) is 3.92. The molecule has 31 heavy (non-hydrogen) atoms. The third-order valence-corrected chi connectivity index (χ3v) is 4.45. The summed E-state index contributed by atoms with van der Waals surface area (Å²) >= 11 is 5.80. The van der Waals surface area contributed by atoms with Crippen LogP contribution in [0.4, 0.5) is 0 Å². The summed E-state index contributed by atoms with van der Waals surface area (Å²) in [6.07, 6.45) is 1.48. The molecule has 0 unspecified atom stereocenters. The molecule has 0 spiro atoms. The number of carbonyl (C=O) groups is 2. The minimum Gasteiger partial charge on any atom is -0.493 e. The van der Waals surface area contributed by atoms with Gasteiger partial charge in [0.2, 0.25) is 0 Å². The Hall–Kier alpha value is -3.84. The predicted molar refractivity (Wildman–Crippen MR) is 117 cm³/mol. The van der Waals surface area contributed by atoms with Crippen molar-refractivity contribution in [3.63, 3.8) is 0 Å². The zero-order valence-electron chi connectivity index (χ0n) is 16.8. The van der Waals surface area contributed by atoms with E-state index in [2.05, 4.69) is 10.5 Å². The zero-order chi connectivity index (χ0) is 22.2. The highest BCUT2D eigenvalue weighted by Crippen LogP contribution is 2.28. The first-order valence-corrected chi connectivity index (χ1v) is 9.51. The van der Waals surface area contributed by atoms with Gasteiger partial charge in [0.1, 0.15) is 5.75 Å². The van der Waals surface area contributed by atoms with Crippen molar-refractivity contribution in [1.29, 1.82) is 0 Å². The Morgan fingerprint density at radius 2 is 1.52 bits per heavy atom. The SMILES string of the molecule is COc1ccc(C(=O)Oc2ccc(/C=N\NC(=O)c3ccc(Cl)cc3)cc2)cc1OC. The molecule has 0 radical (unpaired) electrons. The molecule has 0 saturated heterocycles. The molecule has 1 N–H and O–H groups in total. The van der Waals surface area contributed by atoms with Crippen LogP contribution in [-0.4, -0.2) is 32.3 Å². The normalized spacial score (nSPS) is 10.5. The van der Waals surface area contributed by atoms with Crippen LogP contribution in [0.25, 0.3) is 0 Å². The Kier molecular flexibility index (Phi) is 7.24. The summed E-state index contributed by atoms with van der Waals surface area (Å²) < 4.78 is 15.7. The third-order valence-electron chi connectivity index (χ3n) is 4.20. The predicted octanol–water partition coefficient (Wildman–Crippen LogP) is 4.34. The average Bonchev–Trinajstić information content (AvgIpc) is 2.80. The molecular weight excluding hydrogens is 420 g/mol. The van der Waals surface area contributed by atoms with E-state index in [-0.39, 0.29) is 5.91 Å². The van der Waals surface area contributed by atoms with Crippen molar-refractivity contribution in [1.82, 2.24) is 5.43 Å². The van der Waals surface area contributed by atoms with Crippen molar-refractivity contribution >= 4 is 29.7 Å². The number of hydrogen-bond donors (Lipinski definition) is 1. The van der Waals surface area contributed by atoms with Gasteiger partial charge in [0.25, 0.3) is 5.91 Å². The van der Waals surface area contributed by atoms with Crippen LogP contribution in [0.3, 0.4) is 0 Å². The van der Waals surface area contributed by atoms with E-state index in [1.807, 2.05) is 0 Å². The summed E-state index contributed by atoms with van der Waals surface area (Å²) in [6.45, 7) is 0. The second-order valence-electron chi connectivity index (χ2n) is 6.23. The number of nitrogens with zero attached hydrogens (tertiary/aromatic N) is 1. The van der Waals surface area contributed by atoms with Gasteiger partial charge in [0, 0.05) is 10.6 Å². The third kappa shape index (κ3) is 5.83. The number of carbonyl (C=O) groups excluding carboxylic acids is 2. The van der Waals surface area contributed by atoms with Crippen LogP contribution in [0.1, 0.15) is 26.3 Å². The minimum absolute atomic E-state index is 0.327. The van der Waals surface area contributed by atoms with E-state index < -0.39 is 5.97 Å². The smallest absolute Gasteiger partial charge is 0.343 e. The van der Waals surface area contributed by atoms with Gasteiger partial charge in [-0.3, -0.25) is 4.79 Å². The van der Waals surface area contributed by atoms with Crippen molar-refractivity contribution < 1.29 is 23.8 Å². The second kappa shape index (κ2) is 10.3. The van der Waals surface area contributed by atoms with Gasteiger partial charge in [-0.25, -0.2) is 10.2 Å². The Balaban J connectivity index is 1.58. The van der Waals surface area contributed by atoms with Crippen molar-refractivity contribution in [3.05, 3.63) is 88.4 Å². The van der Waals surface area contributed by atoms with Crippen molar-refractivity contribution in [3.8, 4) is 17.2 Å².